The van der Waals surface area contributed by atoms with Crippen molar-refractivity contribution in [1.82, 2.24) is 9.97 Å². The van der Waals surface area contributed by atoms with Gasteiger partial charge < -0.3 is 11.1 Å². The number of nitrogens with one attached hydrogen (secondary N) is 1. The van der Waals surface area contributed by atoms with Gasteiger partial charge in [-0.2, -0.15) is 0 Å². The molecular formula is C13H13F3N4. The number of halogens is 3. The van der Waals surface area contributed by atoms with E-state index in [1.807, 2.05) is 13.8 Å². The number of nitrogen functional groups attached to an aromatic ring is 1. The Balaban J connectivity index is 2.48. The van der Waals surface area contributed by atoms with Gasteiger partial charge in [-0.15, -0.1) is 0 Å². The lowest BCUT2D eigenvalue weighted by Gasteiger charge is -2.15. The predicted octanol–water partition coefficient (Wildman–Crippen LogP) is 3.34. The zero-order valence-corrected chi connectivity index (χ0v) is 10.9. The van der Waals surface area contributed by atoms with Crippen LogP contribution in [0.2, 0.25) is 0 Å². The largest absolute Gasteiger partial charge is 0.383 e. The average molecular weight is 282 g/mol. The monoisotopic (exact) mass is 282 g/mol. The second kappa shape index (κ2) is 5.36. The van der Waals surface area contributed by atoms with Crippen molar-refractivity contribution in [3.05, 3.63) is 41.5 Å². The van der Waals surface area contributed by atoms with Gasteiger partial charge in [0.15, 0.2) is 11.6 Å². The molecule has 0 unspecified atom stereocenters. The highest BCUT2D eigenvalue weighted by Gasteiger charge is 2.17. The highest BCUT2D eigenvalue weighted by Crippen LogP contribution is 2.30. The molecule has 0 saturated carbocycles. The van der Waals surface area contributed by atoms with Crippen molar-refractivity contribution in [3.8, 4) is 0 Å². The topological polar surface area (TPSA) is 63.8 Å². The van der Waals surface area contributed by atoms with Gasteiger partial charge in [0, 0.05) is 17.7 Å². The first-order valence-electron chi connectivity index (χ1n) is 5.92. The highest BCUT2D eigenvalue weighted by atomic mass is 19.1. The van der Waals surface area contributed by atoms with Crippen molar-refractivity contribution in [1.29, 1.82) is 0 Å². The van der Waals surface area contributed by atoms with Gasteiger partial charge in [-0.1, -0.05) is 13.8 Å². The van der Waals surface area contributed by atoms with Crippen molar-refractivity contribution >= 4 is 17.3 Å². The van der Waals surface area contributed by atoms with Crippen LogP contribution in [0.25, 0.3) is 0 Å². The van der Waals surface area contributed by atoms with Crippen LogP contribution in [-0.4, -0.2) is 9.97 Å². The Labute approximate surface area is 113 Å². The fraction of sp³-hybridized carbons (Fsp3) is 0.231. The Morgan fingerprint density at radius 1 is 1.10 bits per heavy atom. The van der Waals surface area contributed by atoms with Gasteiger partial charge >= 0.3 is 0 Å². The standard InChI is InChI=1S/C13H13F3N4/c1-6(2)10-12(17)18-5-19-13(10)20-11-8(15)3-7(14)4-9(11)16/h3-6H,1-2H3,(H3,17,18,19,20). The molecule has 0 aliphatic heterocycles. The minimum absolute atomic E-state index is 0.0507. The summed E-state index contributed by atoms with van der Waals surface area (Å²) in [5.74, 6) is -2.72. The molecule has 0 bridgehead atoms. The van der Waals surface area contributed by atoms with Gasteiger partial charge in [0.1, 0.15) is 29.5 Å². The van der Waals surface area contributed by atoms with E-state index in [9.17, 15) is 13.2 Å². The fourth-order valence-corrected chi connectivity index (χ4v) is 1.86. The van der Waals surface area contributed by atoms with Crippen LogP contribution in [0.5, 0.6) is 0 Å². The van der Waals surface area contributed by atoms with Crippen molar-refractivity contribution in [3.63, 3.8) is 0 Å². The molecule has 0 spiro atoms. The third-order valence-corrected chi connectivity index (χ3v) is 2.74. The molecule has 0 radical (unpaired) electrons. The molecule has 0 aliphatic rings. The predicted molar refractivity (Wildman–Crippen MR) is 70.1 cm³/mol. The maximum atomic E-state index is 13.6. The molecule has 3 N–H and O–H groups in total. The molecule has 1 aromatic heterocycles. The van der Waals surface area contributed by atoms with Crippen LogP contribution in [0.15, 0.2) is 18.5 Å². The Morgan fingerprint density at radius 2 is 1.70 bits per heavy atom. The Hall–Kier alpha value is -2.31. The average Bonchev–Trinajstić information content (AvgIpc) is 2.33. The molecule has 1 aromatic carbocycles. The minimum atomic E-state index is -1.05. The molecule has 7 heteroatoms. The van der Waals surface area contributed by atoms with Crippen LogP contribution >= 0.6 is 0 Å². The van der Waals surface area contributed by atoms with E-state index in [1.165, 1.54) is 6.33 Å². The molecule has 0 aliphatic carbocycles. The molecule has 0 atom stereocenters. The van der Waals surface area contributed by atoms with Crippen LogP contribution in [0.4, 0.5) is 30.5 Å². The molecule has 2 rings (SSSR count). The first-order valence-corrected chi connectivity index (χ1v) is 5.92. The van der Waals surface area contributed by atoms with E-state index in [1.54, 1.807) is 0 Å². The summed E-state index contributed by atoms with van der Waals surface area (Å²) in [5, 5.41) is 2.51. The van der Waals surface area contributed by atoms with E-state index in [0.29, 0.717) is 17.7 Å². The van der Waals surface area contributed by atoms with Crippen LogP contribution in [0.3, 0.4) is 0 Å². The minimum Gasteiger partial charge on any atom is -0.383 e. The second-order valence-electron chi connectivity index (χ2n) is 4.55. The summed E-state index contributed by atoms with van der Waals surface area (Å²) in [7, 11) is 0. The van der Waals surface area contributed by atoms with Gasteiger partial charge in [-0.25, -0.2) is 23.1 Å². The van der Waals surface area contributed by atoms with Crippen LogP contribution in [0, 0.1) is 17.5 Å². The Kier molecular flexibility index (Phi) is 3.78. The van der Waals surface area contributed by atoms with Crippen molar-refractivity contribution in [2.24, 2.45) is 0 Å². The summed E-state index contributed by atoms with van der Waals surface area (Å²) in [6, 6.07) is 1.18. The summed E-state index contributed by atoms with van der Waals surface area (Å²) < 4.78 is 40.1. The number of benzene rings is 1. The highest BCUT2D eigenvalue weighted by molar-refractivity contribution is 5.65. The van der Waals surface area contributed by atoms with Gasteiger partial charge in [0.25, 0.3) is 0 Å². The first kappa shape index (κ1) is 14.1. The lowest BCUT2D eigenvalue weighted by Crippen LogP contribution is -2.08. The third kappa shape index (κ3) is 2.66. The van der Waals surface area contributed by atoms with E-state index >= 15 is 0 Å². The van der Waals surface area contributed by atoms with Gasteiger partial charge in [-0.05, 0) is 5.92 Å². The molecule has 1 heterocycles. The molecule has 0 amide bonds. The number of rotatable bonds is 3. The summed E-state index contributed by atoms with van der Waals surface area (Å²) in [4.78, 5) is 7.77. The zero-order chi connectivity index (χ0) is 14.9. The van der Waals surface area contributed by atoms with Crippen LogP contribution in [0.1, 0.15) is 25.3 Å². The van der Waals surface area contributed by atoms with Crippen LogP contribution < -0.4 is 11.1 Å². The molecule has 20 heavy (non-hydrogen) atoms. The number of nitrogens with zero attached hydrogens (tertiary/aromatic N) is 2. The number of nitrogens with two attached hydrogens (primary N) is 1. The lowest BCUT2D eigenvalue weighted by molar-refractivity contribution is 0.548. The molecule has 0 saturated heterocycles. The number of aromatic nitrogens is 2. The molecule has 4 nitrogen and oxygen atoms in total. The zero-order valence-electron chi connectivity index (χ0n) is 10.9. The third-order valence-electron chi connectivity index (χ3n) is 2.74. The van der Waals surface area contributed by atoms with E-state index in [2.05, 4.69) is 15.3 Å². The number of hydrogen-bond donors (Lipinski definition) is 2. The molecule has 2 aromatic rings. The number of anilines is 3. The van der Waals surface area contributed by atoms with E-state index in [0.717, 1.165) is 0 Å². The smallest absolute Gasteiger partial charge is 0.152 e. The normalized spacial score (nSPS) is 10.9. The van der Waals surface area contributed by atoms with Crippen molar-refractivity contribution in [2.75, 3.05) is 11.1 Å². The Morgan fingerprint density at radius 3 is 2.25 bits per heavy atom. The maximum absolute atomic E-state index is 13.6. The quantitative estimate of drug-likeness (QED) is 0.906. The Bertz CT molecular complexity index is 621. The SMILES string of the molecule is CC(C)c1c(N)ncnc1Nc1c(F)cc(F)cc1F. The van der Waals surface area contributed by atoms with E-state index < -0.39 is 23.1 Å². The summed E-state index contributed by atoms with van der Waals surface area (Å²) in [6.07, 6.45) is 1.18. The van der Waals surface area contributed by atoms with E-state index in [-0.39, 0.29) is 17.6 Å². The number of hydrogen-bond acceptors (Lipinski definition) is 4. The maximum Gasteiger partial charge on any atom is 0.152 e. The molecular weight excluding hydrogens is 269 g/mol. The summed E-state index contributed by atoms with van der Waals surface area (Å²) in [6.45, 7) is 3.69. The fourth-order valence-electron chi connectivity index (χ4n) is 1.86. The first-order chi connectivity index (χ1) is 9.40. The molecule has 106 valence electrons. The molecule has 0 fully saturated rings. The van der Waals surface area contributed by atoms with Gasteiger partial charge in [0.2, 0.25) is 0 Å². The van der Waals surface area contributed by atoms with Crippen LogP contribution in [-0.2, 0) is 0 Å². The van der Waals surface area contributed by atoms with E-state index in [4.69, 9.17) is 5.73 Å². The van der Waals surface area contributed by atoms with Gasteiger partial charge in [-0.3, -0.25) is 0 Å². The lowest BCUT2D eigenvalue weighted by atomic mass is 10.0. The second-order valence-corrected chi connectivity index (χ2v) is 4.55. The summed E-state index contributed by atoms with van der Waals surface area (Å²) >= 11 is 0. The van der Waals surface area contributed by atoms with Gasteiger partial charge in [0.05, 0.1) is 0 Å². The van der Waals surface area contributed by atoms with Crippen molar-refractivity contribution in [2.45, 2.75) is 19.8 Å². The van der Waals surface area contributed by atoms with Crippen molar-refractivity contribution < 1.29 is 13.2 Å². The summed E-state index contributed by atoms with van der Waals surface area (Å²) in [5.41, 5.74) is 5.79.